The van der Waals surface area contributed by atoms with E-state index in [1.165, 1.54) is 0 Å². The molecule has 0 rings (SSSR count). The molecule has 0 saturated carbocycles. The molecule has 322 valence electrons. The zero-order valence-corrected chi connectivity index (χ0v) is 25.9. The molecule has 0 aromatic heterocycles. The molecular formula is C24H18F22O9. The highest BCUT2D eigenvalue weighted by Crippen LogP contribution is 2.39. The molecule has 9 nitrogen and oxygen atoms in total. The first-order chi connectivity index (χ1) is 24.1. The molecule has 0 fully saturated rings. The lowest BCUT2D eigenvalue weighted by Crippen LogP contribution is -2.48. The molecule has 0 heterocycles. The Kier molecular flexibility index (Phi) is 18.1. The molecular weight excluding hydrogens is 850 g/mol. The van der Waals surface area contributed by atoms with Crippen LogP contribution in [0.2, 0.25) is 0 Å². The fourth-order valence-corrected chi connectivity index (χ4v) is 2.06. The van der Waals surface area contributed by atoms with Crippen molar-refractivity contribution in [1.29, 1.82) is 0 Å². The minimum absolute atomic E-state index is 1.23. The van der Waals surface area contributed by atoms with Crippen molar-refractivity contribution in [2.45, 2.75) is 61.0 Å². The second-order valence-corrected chi connectivity index (χ2v) is 9.45. The van der Waals surface area contributed by atoms with Gasteiger partial charge in [-0.05, 0) is 10.9 Å². The summed E-state index contributed by atoms with van der Waals surface area (Å²) in [5, 5.41) is 0. The minimum atomic E-state index is -5.65. The van der Waals surface area contributed by atoms with E-state index >= 15 is 0 Å². The molecule has 0 unspecified atom stereocenters. The third kappa shape index (κ3) is 16.3. The van der Waals surface area contributed by atoms with E-state index in [2.05, 4.69) is 43.4 Å². The van der Waals surface area contributed by atoms with Crippen LogP contribution in [-0.2, 0) is 43.0 Å². The topological polar surface area (TPSA) is 107 Å². The highest BCUT2D eigenvalue weighted by Gasteiger charge is 2.62. The fourth-order valence-electron chi connectivity index (χ4n) is 2.06. The van der Waals surface area contributed by atoms with Gasteiger partial charge in [-0.1, -0.05) is 19.7 Å². The van der Waals surface area contributed by atoms with Crippen molar-refractivity contribution in [2.75, 3.05) is 33.0 Å². The number of rotatable bonds is 19. The van der Waals surface area contributed by atoms with Crippen molar-refractivity contribution in [3.63, 3.8) is 0 Å². The molecule has 0 radical (unpaired) electrons. The van der Waals surface area contributed by atoms with Crippen molar-refractivity contribution >= 4 is 17.9 Å². The molecule has 0 aliphatic rings. The van der Waals surface area contributed by atoms with Gasteiger partial charge in [-0.2, -0.15) is 92.2 Å². The molecule has 31 heteroatoms. The quantitative estimate of drug-likeness (QED) is 0.0421. The van der Waals surface area contributed by atoms with Gasteiger partial charge in [0.25, 0.3) is 0 Å². The Morgan fingerprint density at radius 3 is 0.818 bits per heavy atom. The van der Waals surface area contributed by atoms with Crippen LogP contribution in [0, 0.1) is 0 Å². The summed E-state index contributed by atoms with van der Waals surface area (Å²) in [5.41, 5.74) is -6.78. The van der Waals surface area contributed by atoms with Crippen molar-refractivity contribution in [3.8, 4) is 0 Å². The van der Waals surface area contributed by atoms with Gasteiger partial charge in [0.05, 0.1) is 13.2 Å². The predicted molar refractivity (Wildman–Crippen MR) is 127 cm³/mol. The molecule has 0 N–H and O–H groups in total. The van der Waals surface area contributed by atoms with Crippen LogP contribution in [0.1, 0.15) is 6.42 Å². The molecule has 55 heavy (non-hydrogen) atoms. The maximum Gasteiger partial charge on any atom is 0.452 e. The average Bonchev–Trinajstić information content (AvgIpc) is 3.02. The number of esters is 3. The predicted octanol–water partition coefficient (Wildman–Crippen LogP) is 7.97. The van der Waals surface area contributed by atoms with Crippen LogP contribution in [0.25, 0.3) is 0 Å². The Hall–Kier alpha value is -4.03. The van der Waals surface area contributed by atoms with Crippen LogP contribution in [0.3, 0.4) is 0 Å². The van der Waals surface area contributed by atoms with Crippen molar-refractivity contribution < 1.29 is 140 Å². The molecule has 0 aromatic rings. The summed E-state index contributed by atoms with van der Waals surface area (Å²) >= 11 is 0. The second kappa shape index (κ2) is 18.7. The summed E-state index contributed by atoms with van der Waals surface area (Å²) in [6, 6.07) is 0. The maximum absolute atomic E-state index is 13.4. The lowest BCUT2D eigenvalue weighted by atomic mass is 10.3. The monoisotopic (exact) mass is 868 g/mol. The van der Waals surface area contributed by atoms with Gasteiger partial charge in [-0.3, -0.25) is 0 Å². The van der Waals surface area contributed by atoms with E-state index in [4.69, 9.17) is 0 Å². The van der Waals surface area contributed by atoms with Crippen LogP contribution < -0.4 is 0 Å². The Morgan fingerprint density at radius 2 is 0.618 bits per heavy atom. The first-order valence-corrected chi connectivity index (χ1v) is 12.8. The molecule has 0 bridgehead atoms. The fraction of sp³-hybridized carbons (Fsp3) is 0.625. The van der Waals surface area contributed by atoms with Gasteiger partial charge < -0.3 is 23.7 Å². The largest absolute Gasteiger partial charge is 0.455 e. The summed E-state index contributed by atoms with van der Waals surface area (Å²) in [5.74, 6) is -23.7. The van der Waals surface area contributed by atoms with E-state index in [1.54, 1.807) is 4.94 Å². The first-order valence-electron chi connectivity index (χ1n) is 12.8. The number of hydrogen-bond acceptors (Lipinski definition) is 9. The number of halogens is 22. The first kappa shape index (κ1) is 53.1. The van der Waals surface area contributed by atoms with Gasteiger partial charge in [-0.25, -0.2) is 14.4 Å². The number of alkyl halides is 21. The van der Waals surface area contributed by atoms with Gasteiger partial charge >= 0.3 is 72.5 Å². The Morgan fingerprint density at radius 1 is 0.400 bits per heavy atom. The number of hydrogen-bond donors (Lipinski definition) is 0. The zero-order chi connectivity index (χ0) is 44.4. The Bertz CT molecular complexity index is 1300. The van der Waals surface area contributed by atoms with Crippen LogP contribution in [0.4, 0.5) is 96.7 Å². The summed E-state index contributed by atoms with van der Waals surface area (Å²) < 4.78 is 292. The van der Waals surface area contributed by atoms with Crippen molar-refractivity contribution in [3.05, 3.63) is 36.5 Å². The van der Waals surface area contributed by atoms with E-state index < -0.39 is 129 Å². The normalized spacial score (nSPS) is 13.6. The Balaban J connectivity index is 0. The van der Waals surface area contributed by atoms with E-state index in [0.717, 1.165) is 0 Å². The van der Waals surface area contributed by atoms with Gasteiger partial charge in [-0.15, -0.1) is 4.94 Å². The van der Waals surface area contributed by atoms with Crippen molar-refractivity contribution in [2.24, 2.45) is 0 Å². The van der Waals surface area contributed by atoms with Crippen LogP contribution in [-0.4, -0.2) is 106 Å². The van der Waals surface area contributed by atoms with Gasteiger partial charge in [0, 0.05) is 0 Å². The maximum atomic E-state index is 13.4. The standard InChI is InChI=1S/C17H14F14O6.C7H4F8O3/c1-8(14(22,23)24)10(32)34-6-12(18,19)16(28,29)36-4-3-5-37-17(30,31)13(20,21)7-35-11(33)9(2)15(25,26)27;1-3(6(10,11)12)4(16)17-2-5(8,9)7(13,14)18-15/h1-7H2;1-2H2. The smallest absolute Gasteiger partial charge is 0.452 e. The molecule has 0 aliphatic carbocycles. The molecule has 0 atom stereocenters. The number of carbonyl (C=O) groups is 3. The molecule has 0 amide bonds. The average molecular weight is 868 g/mol. The summed E-state index contributed by atoms with van der Waals surface area (Å²) in [4.78, 5) is 34.0. The minimum Gasteiger partial charge on any atom is -0.455 e. The second-order valence-electron chi connectivity index (χ2n) is 9.45. The summed E-state index contributed by atoms with van der Waals surface area (Å²) in [6.45, 7) is -4.53. The molecule has 0 aliphatic heterocycles. The highest BCUT2D eigenvalue weighted by molar-refractivity contribution is 5.90. The van der Waals surface area contributed by atoms with E-state index in [9.17, 15) is 111 Å². The summed E-state index contributed by atoms with van der Waals surface area (Å²) in [7, 11) is 0. The van der Waals surface area contributed by atoms with Crippen LogP contribution >= 0.6 is 0 Å². The zero-order valence-electron chi connectivity index (χ0n) is 25.9. The van der Waals surface area contributed by atoms with Gasteiger partial charge in [0.2, 0.25) is 0 Å². The summed E-state index contributed by atoms with van der Waals surface area (Å²) in [6.07, 6.45) is -34.2. The number of carbonyl (C=O) groups excluding carboxylic acids is 3. The molecule has 0 spiro atoms. The molecule has 0 aromatic carbocycles. The Labute approximate surface area is 289 Å². The number of ether oxygens (including phenoxy) is 5. The SMILES string of the molecule is C=C(C(=O)OCC(F)(F)C(F)(F)OCCCOC(F)(F)C(F)(F)COC(=O)C(=C)C(F)(F)F)C(F)(F)F.C=C(C(=O)OCC(F)(F)C(F)(F)OF)C(F)(F)F. The van der Waals surface area contributed by atoms with Gasteiger partial charge in [0.1, 0.15) is 16.7 Å². The van der Waals surface area contributed by atoms with Gasteiger partial charge in [0.15, 0.2) is 19.8 Å². The molecule has 0 saturated heterocycles. The van der Waals surface area contributed by atoms with Crippen LogP contribution in [0.5, 0.6) is 0 Å². The third-order valence-corrected chi connectivity index (χ3v) is 5.15. The van der Waals surface area contributed by atoms with E-state index in [-0.39, 0.29) is 0 Å². The lowest BCUT2D eigenvalue weighted by Gasteiger charge is -2.27. The van der Waals surface area contributed by atoms with E-state index in [1.807, 2.05) is 0 Å². The third-order valence-electron chi connectivity index (χ3n) is 5.15. The van der Waals surface area contributed by atoms with Crippen molar-refractivity contribution in [1.82, 2.24) is 0 Å². The van der Waals surface area contributed by atoms with E-state index in [0.29, 0.717) is 0 Å². The lowest BCUT2D eigenvalue weighted by molar-refractivity contribution is -0.427. The van der Waals surface area contributed by atoms with Crippen LogP contribution in [0.15, 0.2) is 36.5 Å². The highest BCUT2D eigenvalue weighted by atomic mass is 19.4.